The molecule has 0 N–H and O–H groups in total. The van der Waals surface area contributed by atoms with E-state index in [0.29, 0.717) is 12.1 Å². The molecule has 0 saturated heterocycles. The molecule has 28 heavy (non-hydrogen) atoms. The van der Waals surface area contributed by atoms with Gasteiger partial charge in [0, 0.05) is 41.3 Å². The van der Waals surface area contributed by atoms with Crippen LogP contribution >= 0.6 is 0 Å². The molecule has 0 fully saturated rings. The molecule has 0 aliphatic heterocycles. The Balaban J connectivity index is 1.95. The van der Waals surface area contributed by atoms with Crippen molar-refractivity contribution in [2.24, 2.45) is 0 Å². The van der Waals surface area contributed by atoms with Gasteiger partial charge in [0.05, 0.1) is 6.04 Å². The van der Waals surface area contributed by atoms with Crippen LogP contribution < -0.4 is 5.56 Å². The molecule has 4 nitrogen and oxygen atoms in total. The first kappa shape index (κ1) is 19.4. The van der Waals surface area contributed by atoms with Gasteiger partial charge in [-0.3, -0.25) is 9.59 Å². The van der Waals surface area contributed by atoms with E-state index in [0.717, 1.165) is 17.0 Å². The number of nitrogens with zero attached hydrogens (tertiary/aromatic N) is 2. The minimum Gasteiger partial charge on any atom is -0.344 e. The van der Waals surface area contributed by atoms with Crippen LogP contribution in [0.3, 0.4) is 0 Å². The van der Waals surface area contributed by atoms with Gasteiger partial charge in [0.2, 0.25) is 0 Å². The SMILES string of the molecule is CC#Cc1ccc(=O)n(C(C)C(=O)c2cc(C)n(Cc3ccccc3)c2C)c1. The Labute approximate surface area is 165 Å². The molecule has 0 aliphatic carbocycles. The fourth-order valence-corrected chi connectivity index (χ4v) is 3.44. The number of ketones is 1. The van der Waals surface area contributed by atoms with E-state index in [9.17, 15) is 9.59 Å². The predicted molar refractivity (Wildman–Crippen MR) is 112 cm³/mol. The van der Waals surface area contributed by atoms with Gasteiger partial charge < -0.3 is 9.13 Å². The molecule has 2 heterocycles. The molecule has 1 atom stereocenters. The highest BCUT2D eigenvalue weighted by Crippen LogP contribution is 2.22. The summed E-state index contributed by atoms with van der Waals surface area (Å²) in [5.41, 5.74) is 4.28. The second kappa shape index (κ2) is 8.14. The summed E-state index contributed by atoms with van der Waals surface area (Å²) in [4.78, 5) is 25.5. The summed E-state index contributed by atoms with van der Waals surface area (Å²) < 4.78 is 3.60. The summed E-state index contributed by atoms with van der Waals surface area (Å²) in [5.74, 6) is 5.68. The third kappa shape index (κ3) is 3.84. The number of carbonyl (C=O) groups excluding carboxylic acids is 1. The number of rotatable bonds is 5. The maximum Gasteiger partial charge on any atom is 0.251 e. The molecule has 1 aromatic carbocycles. The number of hydrogen-bond acceptors (Lipinski definition) is 2. The van der Waals surface area contributed by atoms with Gasteiger partial charge in [-0.05, 0) is 45.4 Å². The zero-order chi connectivity index (χ0) is 20.3. The Hall–Kier alpha value is -3.32. The van der Waals surface area contributed by atoms with Gasteiger partial charge in [-0.25, -0.2) is 0 Å². The van der Waals surface area contributed by atoms with Crippen LogP contribution in [0.2, 0.25) is 0 Å². The highest BCUT2D eigenvalue weighted by atomic mass is 16.1. The molecule has 0 spiro atoms. The lowest BCUT2D eigenvalue weighted by atomic mass is 10.1. The number of hydrogen-bond donors (Lipinski definition) is 0. The van der Waals surface area contributed by atoms with E-state index in [1.165, 1.54) is 16.2 Å². The van der Waals surface area contributed by atoms with Crippen molar-refractivity contribution in [3.05, 3.63) is 93.2 Å². The second-order valence-electron chi connectivity index (χ2n) is 6.94. The van der Waals surface area contributed by atoms with Gasteiger partial charge >= 0.3 is 0 Å². The van der Waals surface area contributed by atoms with E-state index in [-0.39, 0.29) is 11.3 Å². The van der Waals surface area contributed by atoms with E-state index >= 15 is 0 Å². The Morgan fingerprint density at radius 3 is 2.50 bits per heavy atom. The van der Waals surface area contributed by atoms with Crippen LogP contribution in [0.15, 0.2) is 59.5 Å². The highest BCUT2D eigenvalue weighted by Gasteiger charge is 2.23. The van der Waals surface area contributed by atoms with E-state index in [4.69, 9.17) is 0 Å². The molecular weight excluding hydrogens is 348 g/mol. The maximum absolute atomic E-state index is 13.2. The molecule has 0 bridgehead atoms. The first-order chi connectivity index (χ1) is 13.4. The van der Waals surface area contributed by atoms with Gasteiger partial charge in [0.1, 0.15) is 0 Å². The summed E-state index contributed by atoms with van der Waals surface area (Å²) >= 11 is 0. The van der Waals surface area contributed by atoms with Gasteiger partial charge in [0.15, 0.2) is 5.78 Å². The molecule has 0 saturated carbocycles. The third-order valence-electron chi connectivity index (χ3n) is 5.03. The molecule has 3 rings (SSSR count). The van der Waals surface area contributed by atoms with Gasteiger partial charge in [-0.2, -0.15) is 0 Å². The average molecular weight is 372 g/mol. The summed E-state index contributed by atoms with van der Waals surface area (Å²) in [6.45, 7) is 8.17. The third-order valence-corrected chi connectivity index (χ3v) is 5.03. The van der Waals surface area contributed by atoms with Crippen LogP contribution in [0.5, 0.6) is 0 Å². The fourth-order valence-electron chi connectivity index (χ4n) is 3.44. The molecule has 1 unspecified atom stereocenters. The zero-order valence-corrected chi connectivity index (χ0v) is 16.7. The molecule has 4 heteroatoms. The predicted octanol–water partition coefficient (Wildman–Crippen LogP) is 4.13. The van der Waals surface area contributed by atoms with Gasteiger partial charge in [0.25, 0.3) is 5.56 Å². The van der Waals surface area contributed by atoms with Gasteiger partial charge in [-0.15, -0.1) is 5.92 Å². The highest BCUT2D eigenvalue weighted by molar-refractivity contribution is 6.00. The van der Waals surface area contributed by atoms with Crippen molar-refractivity contribution in [3.63, 3.8) is 0 Å². The van der Waals surface area contributed by atoms with Crippen LogP contribution in [0, 0.1) is 25.7 Å². The fraction of sp³-hybridized carbons (Fsp3) is 0.250. The molecule has 3 aromatic rings. The van der Waals surface area contributed by atoms with Crippen LogP contribution in [0.25, 0.3) is 0 Å². The number of Topliss-reactive ketones (excluding diaryl/α,β-unsaturated/α-hetero) is 1. The van der Waals surface area contributed by atoms with Crippen LogP contribution in [0.4, 0.5) is 0 Å². The van der Waals surface area contributed by atoms with E-state index in [1.54, 1.807) is 26.1 Å². The first-order valence-electron chi connectivity index (χ1n) is 9.32. The minimum atomic E-state index is -0.600. The molecule has 0 amide bonds. The number of aromatic nitrogens is 2. The number of pyridine rings is 1. The number of aryl methyl sites for hydroxylation is 1. The Morgan fingerprint density at radius 1 is 1.11 bits per heavy atom. The topological polar surface area (TPSA) is 44.0 Å². The summed E-state index contributed by atoms with van der Waals surface area (Å²) in [6.07, 6.45) is 1.66. The smallest absolute Gasteiger partial charge is 0.251 e. The lowest BCUT2D eigenvalue weighted by molar-refractivity contribution is 0.0932. The van der Waals surface area contributed by atoms with Crippen molar-refractivity contribution in [1.82, 2.24) is 9.13 Å². The molecule has 142 valence electrons. The lowest BCUT2D eigenvalue weighted by Crippen LogP contribution is -2.27. The zero-order valence-electron chi connectivity index (χ0n) is 16.7. The van der Waals surface area contributed by atoms with E-state index in [1.807, 2.05) is 38.1 Å². The van der Waals surface area contributed by atoms with Crippen molar-refractivity contribution in [1.29, 1.82) is 0 Å². The largest absolute Gasteiger partial charge is 0.344 e. The van der Waals surface area contributed by atoms with Crippen LogP contribution in [-0.4, -0.2) is 14.9 Å². The van der Waals surface area contributed by atoms with Crippen molar-refractivity contribution in [3.8, 4) is 11.8 Å². The average Bonchev–Trinajstić information content (AvgIpc) is 2.97. The Morgan fingerprint density at radius 2 is 1.82 bits per heavy atom. The normalized spacial score (nSPS) is 11.6. The van der Waals surface area contributed by atoms with E-state index < -0.39 is 6.04 Å². The second-order valence-corrected chi connectivity index (χ2v) is 6.94. The monoisotopic (exact) mass is 372 g/mol. The Kier molecular flexibility index (Phi) is 5.65. The van der Waals surface area contributed by atoms with Crippen molar-refractivity contribution < 1.29 is 4.79 Å². The van der Waals surface area contributed by atoms with Crippen molar-refractivity contribution in [2.45, 2.75) is 40.3 Å². The minimum absolute atomic E-state index is 0.0730. The number of carbonyl (C=O) groups is 1. The summed E-state index contributed by atoms with van der Waals surface area (Å²) in [5, 5.41) is 0. The molecule has 0 radical (unpaired) electrons. The quantitative estimate of drug-likeness (QED) is 0.499. The molecular formula is C24H24N2O2. The molecule has 0 aliphatic rings. The summed E-state index contributed by atoms with van der Waals surface area (Å²) in [7, 11) is 0. The van der Waals surface area contributed by atoms with E-state index in [2.05, 4.69) is 28.5 Å². The lowest BCUT2D eigenvalue weighted by Gasteiger charge is -2.15. The maximum atomic E-state index is 13.2. The first-order valence-corrected chi connectivity index (χ1v) is 9.32. The standard InChI is InChI=1S/C24H24N2O2/c1-5-9-20-12-13-23(27)26(16-20)19(4)24(28)22-14-17(2)25(18(22)3)15-21-10-7-6-8-11-21/h6-8,10-14,16,19H,15H2,1-4H3. The summed E-state index contributed by atoms with van der Waals surface area (Å²) in [6, 6.07) is 14.6. The number of benzene rings is 1. The van der Waals surface area contributed by atoms with Gasteiger partial charge in [-0.1, -0.05) is 36.3 Å². The Bertz CT molecular complexity index is 1120. The van der Waals surface area contributed by atoms with Crippen molar-refractivity contribution in [2.75, 3.05) is 0 Å². The van der Waals surface area contributed by atoms with Crippen LogP contribution in [0.1, 0.15) is 52.8 Å². The molecule has 2 aromatic heterocycles. The van der Waals surface area contributed by atoms with Crippen LogP contribution in [-0.2, 0) is 6.54 Å². The van der Waals surface area contributed by atoms with Crippen molar-refractivity contribution >= 4 is 5.78 Å².